The topological polar surface area (TPSA) is 12.0 Å². The minimum atomic E-state index is 0. The zero-order chi connectivity index (χ0) is 3.98. The van der Waals surface area contributed by atoms with Crippen molar-refractivity contribution in [3.63, 3.8) is 0 Å². The van der Waals surface area contributed by atoms with Crippen LogP contribution in [-0.2, 0) is 0 Å². The Morgan fingerprint density at radius 3 is 1.44 bits per heavy atom. The van der Waals surface area contributed by atoms with Crippen LogP contribution in [0.3, 0.4) is 0 Å². The molecule has 1 heterocycles. The van der Waals surface area contributed by atoms with Crippen molar-refractivity contribution < 1.29 is 175 Å². The molecule has 2 unspecified atom stereocenters. The summed E-state index contributed by atoms with van der Waals surface area (Å²) in [6.45, 7) is 4.23. The Labute approximate surface area is 204 Å². The number of hydrogen-bond donors (Lipinski definition) is 1. The van der Waals surface area contributed by atoms with Crippen molar-refractivity contribution in [3.05, 3.63) is 19.5 Å². The van der Waals surface area contributed by atoms with Crippen LogP contribution >= 0.6 is 0 Å². The summed E-state index contributed by atoms with van der Waals surface area (Å²) in [6.07, 6.45) is 2.30. The smallest absolute Gasteiger partial charge is 0.623 e. The van der Waals surface area contributed by atoms with Gasteiger partial charge in [0.1, 0.15) is 0 Å². The van der Waals surface area contributed by atoms with Gasteiger partial charge in [-0.1, -0.05) is 0 Å². The van der Waals surface area contributed by atoms with Crippen LogP contribution in [0, 0.1) is 31.3 Å². The zero-order valence-electron chi connectivity index (χ0n) is 6.39. The summed E-state index contributed by atoms with van der Waals surface area (Å²) in [6, 6.07) is 0. The van der Waals surface area contributed by atoms with Crippen molar-refractivity contribution in [1.82, 2.24) is 5.32 Å². The zero-order valence-corrected chi connectivity index (χ0v) is 21.1. The van der Waals surface area contributed by atoms with Crippen LogP contribution in [0.25, 0.3) is 0 Å². The molecule has 0 aromatic heterocycles. The van der Waals surface area contributed by atoms with Crippen LogP contribution in [0.1, 0.15) is 0 Å². The number of rotatable bonds is 0. The first-order valence-corrected chi connectivity index (χ1v) is 2.24. The van der Waals surface area contributed by atoms with Gasteiger partial charge in [0, 0.05) is 0 Å². The molecule has 0 bridgehead atoms. The largest absolute Gasteiger partial charge is 1.00 e. The van der Waals surface area contributed by atoms with Gasteiger partial charge in [0.15, 0.2) is 0 Å². The molecule has 0 radical (unpaired) electrons. The van der Waals surface area contributed by atoms with Gasteiger partial charge < -0.3 is 36.7 Å². The van der Waals surface area contributed by atoms with Crippen LogP contribution < -0.4 is 180 Å². The molecule has 0 aromatic rings. The number of fused-ring (bicyclic) bond motifs is 1. The maximum Gasteiger partial charge on any atom is 1.00 e. The third-order valence-corrected chi connectivity index (χ3v) is 1.33. The Hall–Kier alpha value is 5.38. The van der Waals surface area contributed by atoms with Gasteiger partial charge >= 0.3 is 175 Å². The van der Waals surface area contributed by atoms with E-state index in [2.05, 4.69) is 24.8 Å². The van der Waals surface area contributed by atoms with Gasteiger partial charge in [-0.25, -0.2) is 0 Å². The Morgan fingerprint density at radius 1 is 0.889 bits per heavy atom. The van der Waals surface area contributed by atoms with E-state index in [0.29, 0.717) is 0 Å². The molecule has 2 atom stereocenters. The molecule has 4 heteroatoms. The fraction of sp³-hybridized carbons (Fsp3) is 0.400. The Balaban J connectivity index is 0. The molecule has 0 spiro atoms. The molecule has 2 aliphatic rings. The maximum absolute atomic E-state index is 3.04. The molecule has 0 amide bonds. The summed E-state index contributed by atoms with van der Waals surface area (Å²) < 4.78 is 0. The van der Waals surface area contributed by atoms with E-state index in [1.165, 1.54) is 0 Å². The molecular weight excluding hydrogens is 330 g/mol. The summed E-state index contributed by atoms with van der Waals surface area (Å²) in [5, 5.41) is 3.04. The van der Waals surface area contributed by atoms with Crippen LogP contribution in [0.5, 0.6) is 0 Å². The second kappa shape index (κ2) is 8.67. The number of hydrogen-bond acceptors (Lipinski definition) is 1. The standard InChI is InChI=1S/C5H6N.3Rb/c1-4-2-6-3-5(1)4;;;/h1-6H;;;/q-3;3*+1. The predicted octanol–water partition coefficient (Wildman–Crippen LogP) is -8.62. The average Bonchev–Trinajstić information content (AvgIpc) is 2.17. The molecule has 1 saturated carbocycles. The third-order valence-electron chi connectivity index (χ3n) is 1.33. The van der Waals surface area contributed by atoms with E-state index in [1.54, 1.807) is 0 Å². The molecule has 1 aliphatic heterocycles. The molecule has 2 fully saturated rings. The van der Waals surface area contributed by atoms with Gasteiger partial charge in [-0.05, 0) is 0 Å². The summed E-state index contributed by atoms with van der Waals surface area (Å²) >= 11 is 0. The van der Waals surface area contributed by atoms with Gasteiger partial charge in [0.05, 0.1) is 0 Å². The van der Waals surface area contributed by atoms with Crippen LogP contribution in [0.15, 0.2) is 0 Å². The second-order valence-electron chi connectivity index (χ2n) is 1.85. The summed E-state index contributed by atoms with van der Waals surface area (Å²) in [7, 11) is 0. The Morgan fingerprint density at radius 2 is 1.33 bits per heavy atom. The first-order chi connectivity index (χ1) is 2.97. The number of piperidine rings is 1. The molecular formula is C5H6NRb3. The summed E-state index contributed by atoms with van der Waals surface area (Å²) in [5.41, 5.74) is 0. The van der Waals surface area contributed by atoms with Crippen LogP contribution in [0.2, 0.25) is 0 Å². The molecule has 0 aromatic carbocycles. The van der Waals surface area contributed by atoms with Gasteiger partial charge in [-0.15, -0.1) is 0 Å². The molecule has 1 nitrogen and oxygen atoms in total. The van der Waals surface area contributed by atoms with E-state index in [9.17, 15) is 0 Å². The molecule has 2 rings (SSSR count). The molecule has 1 saturated heterocycles. The van der Waals surface area contributed by atoms with Crippen molar-refractivity contribution in [2.45, 2.75) is 0 Å². The molecule has 1 aliphatic carbocycles. The van der Waals surface area contributed by atoms with Crippen molar-refractivity contribution in [2.75, 3.05) is 0 Å². The fourth-order valence-electron chi connectivity index (χ4n) is 0.804. The van der Waals surface area contributed by atoms with E-state index in [0.717, 1.165) is 11.8 Å². The van der Waals surface area contributed by atoms with E-state index >= 15 is 0 Å². The maximum atomic E-state index is 3.04. The Kier molecular flexibility index (Phi) is 16.2. The quantitative estimate of drug-likeness (QED) is 0.433. The van der Waals surface area contributed by atoms with Crippen molar-refractivity contribution >= 4 is 0 Å². The average molecular weight is 337 g/mol. The van der Waals surface area contributed by atoms with Crippen molar-refractivity contribution in [2.24, 2.45) is 11.8 Å². The normalized spacial score (nSPS) is 34.7. The predicted molar refractivity (Wildman–Crippen MR) is 23.0 cm³/mol. The summed E-state index contributed by atoms with van der Waals surface area (Å²) in [5.74, 6) is 1.59. The van der Waals surface area contributed by atoms with Crippen LogP contribution in [-0.4, -0.2) is 0 Å². The van der Waals surface area contributed by atoms with Crippen LogP contribution in [0.4, 0.5) is 0 Å². The van der Waals surface area contributed by atoms with Crippen molar-refractivity contribution in [1.29, 1.82) is 0 Å². The Bertz CT molecular complexity index is 70.6. The van der Waals surface area contributed by atoms with Gasteiger partial charge in [0.25, 0.3) is 0 Å². The molecule has 1 N–H and O–H groups in total. The molecule has 9 heavy (non-hydrogen) atoms. The first kappa shape index (κ1) is 16.8. The van der Waals surface area contributed by atoms with Gasteiger partial charge in [-0.3, -0.25) is 0 Å². The first-order valence-electron chi connectivity index (χ1n) is 2.24. The van der Waals surface area contributed by atoms with E-state index in [1.807, 2.05) is 0 Å². The fourth-order valence-corrected chi connectivity index (χ4v) is 0.804. The SMILES string of the molecule is [CH-]1N[CH-]C2[CH-]C12.[Rb+].[Rb+].[Rb+]. The monoisotopic (exact) mass is 335 g/mol. The van der Waals surface area contributed by atoms with Crippen molar-refractivity contribution in [3.8, 4) is 0 Å². The number of nitrogens with one attached hydrogen (secondary N) is 1. The van der Waals surface area contributed by atoms with Gasteiger partial charge in [-0.2, -0.15) is 0 Å². The minimum absolute atomic E-state index is 0. The third kappa shape index (κ3) is 5.73. The minimum Gasteiger partial charge on any atom is -0.623 e. The van der Waals surface area contributed by atoms with E-state index < -0.39 is 0 Å². The van der Waals surface area contributed by atoms with E-state index in [4.69, 9.17) is 0 Å². The van der Waals surface area contributed by atoms with E-state index in [-0.39, 0.29) is 175 Å². The second-order valence-corrected chi connectivity index (χ2v) is 1.85. The van der Waals surface area contributed by atoms with Gasteiger partial charge in [0.2, 0.25) is 0 Å². The summed E-state index contributed by atoms with van der Waals surface area (Å²) in [4.78, 5) is 0. The molecule has 34 valence electrons.